The van der Waals surface area contributed by atoms with E-state index in [-0.39, 0.29) is 21.4 Å². The van der Waals surface area contributed by atoms with Crippen molar-refractivity contribution in [1.82, 2.24) is 9.03 Å². The second-order valence-electron chi connectivity index (χ2n) is 8.40. The van der Waals surface area contributed by atoms with E-state index >= 15 is 0 Å². The zero-order chi connectivity index (χ0) is 25.0. The zero-order valence-electron chi connectivity index (χ0n) is 19.0. The second-order valence-corrected chi connectivity index (χ2v) is 12.1. The molecule has 10 nitrogen and oxygen atoms in total. The topological polar surface area (TPSA) is 142 Å². The minimum absolute atomic E-state index is 0.0320. The van der Waals surface area contributed by atoms with Gasteiger partial charge in [0.05, 0.1) is 16.3 Å². The van der Waals surface area contributed by atoms with Crippen LogP contribution in [-0.4, -0.2) is 52.1 Å². The minimum atomic E-state index is -3.97. The third kappa shape index (κ3) is 7.63. The van der Waals surface area contributed by atoms with Gasteiger partial charge in [-0.1, -0.05) is 6.07 Å². The Balaban J connectivity index is 2.10. The fourth-order valence-electron chi connectivity index (χ4n) is 2.78. The molecule has 180 valence electrons. The number of hydrogen-bond donors (Lipinski definition) is 3. The van der Waals surface area contributed by atoms with Crippen LogP contribution in [0.25, 0.3) is 0 Å². The van der Waals surface area contributed by atoms with E-state index in [2.05, 4.69) is 15.4 Å². The Hall–Kier alpha value is -2.80. The predicted molar refractivity (Wildman–Crippen MR) is 126 cm³/mol. The van der Waals surface area contributed by atoms with Crippen LogP contribution in [0.1, 0.15) is 27.7 Å². The zero-order valence-corrected chi connectivity index (χ0v) is 20.7. The summed E-state index contributed by atoms with van der Waals surface area (Å²) in [6, 6.07) is 11.2. The number of sulfonamides is 2. The van der Waals surface area contributed by atoms with Gasteiger partial charge in [0.2, 0.25) is 31.9 Å². The lowest BCUT2D eigenvalue weighted by Gasteiger charge is -2.20. The number of nitrogens with one attached hydrogen (secondary N) is 3. The molecule has 2 aromatic rings. The maximum atomic E-state index is 12.7. The van der Waals surface area contributed by atoms with Crippen LogP contribution in [0.4, 0.5) is 11.4 Å². The van der Waals surface area contributed by atoms with Gasteiger partial charge in [0.1, 0.15) is 0 Å². The smallest absolute Gasteiger partial charge is 0.243 e. The number of hydrogen-bond acceptors (Lipinski definition) is 6. The molecule has 0 saturated carbocycles. The van der Waals surface area contributed by atoms with Crippen LogP contribution in [0.2, 0.25) is 0 Å². The number of carbonyl (C=O) groups excluding carboxylic acids is 2. The molecule has 2 aromatic carbocycles. The van der Waals surface area contributed by atoms with E-state index in [4.69, 9.17) is 0 Å². The van der Waals surface area contributed by atoms with Crippen LogP contribution < -0.4 is 15.4 Å². The van der Waals surface area contributed by atoms with Gasteiger partial charge in [0.15, 0.2) is 0 Å². The maximum Gasteiger partial charge on any atom is 0.243 e. The van der Waals surface area contributed by atoms with Gasteiger partial charge in [-0.2, -0.15) is 4.31 Å². The number of amides is 2. The summed E-state index contributed by atoms with van der Waals surface area (Å²) in [7, 11) is -6.52. The first kappa shape index (κ1) is 26.5. The summed E-state index contributed by atoms with van der Waals surface area (Å²) in [6.45, 7) is 5.97. The molecule has 2 amide bonds. The van der Waals surface area contributed by atoms with Gasteiger partial charge in [-0.3, -0.25) is 9.59 Å². The molecule has 0 aliphatic rings. The van der Waals surface area contributed by atoms with Crippen molar-refractivity contribution in [2.45, 2.75) is 43.0 Å². The highest BCUT2D eigenvalue weighted by Crippen LogP contribution is 2.19. The molecule has 0 bridgehead atoms. The van der Waals surface area contributed by atoms with Gasteiger partial charge in [-0.15, -0.1) is 0 Å². The van der Waals surface area contributed by atoms with E-state index < -0.39 is 38.0 Å². The molecule has 0 fully saturated rings. The largest absolute Gasteiger partial charge is 0.326 e. The fraction of sp³-hybridized carbons (Fsp3) is 0.333. The number of likely N-dealkylation sites (N-methyl/N-ethyl adjacent to an activating group) is 1. The van der Waals surface area contributed by atoms with Crippen molar-refractivity contribution in [3.8, 4) is 0 Å². The Labute approximate surface area is 194 Å². The minimum Gasteiger partial charge on any atom is -0.326 e. The first-order chi connectivity index (χ1) is 15.1. The van der Waals surface area contributed by atoms with Gasteiger partial charge in [0, 0.05) is 30.9 Å². The lowest BCUT2D eigenvalue weighted by atomic mass is 10.1. The summed E-state index contributed by atoms with van der Waals surface area (Å²) >= 11 is 0. The molecular formula is C21H28N4O6S2. The second kappa shape index (κ2) is 10.00. The Morgan fingerprint density at radius 3 is 2.03 bits per heavy atom. The van der Waals surface area contributed by atoms with Crippen molar-refractivity contribution in [2.75, 3.05) is 24.2 Å². The molecule has 2 rings (SSSR count). The third-order valence-corrected chi connectivity index (χ3v) is 7.69. The molecule has 0 atom stereocenters. The lowest BCUT2D eigenvalue weighted by molar-refractivity contribution is -0.116. The van der Waals surface area contributed by atoms with Gasteiger partial charge in [-0.05, 0) is 63.2 Å². The molecular weight excluding hydrogens is 468 g/mol. The van der Waals surface area contributed by atoms with Crippen molar-refractivity contribution in [2.24, 2.45) is 0 Å². The average molecular weight is 497 g/mol. The molecule has 0 radical (unpaired) electrons. The van der Waals surface area contributed by atoms with E-state index in [9.17, 15) is 26.4 Å². The molecule has 0 heterocycles. The van der Waals surface area contributed by atoms with E-state index in [0.29, 0.717) is 5.69 Å². The predicted octanol–water partition coefficient (Wildman–Crippen LogP) is 1.98. The van der Waals surface area contributed by atoms with Gasteiger partial charge in [0.25, 0.3) is 0 Å². The number of benzene rings is 2. The van der Waals surface area contributed by atoms with E-state index in [1.165, 1.54) is 62.5 Å². The highest BCUT2D eigenvalue weighted by Gasteiger charge is 2.24. The molecule has 3 N–H and O–H groups in total. The molecule has 0 aromatic heterocycles. The first-order valence-corrected chi connectivity index (χ1v) is 12.8. The molecule has 0 aliphatic carbocycles. The maximum absolute atomic E-state index is 12.7. The van der Waals surface area contributed by atoms with Crippen molar-refractivity contribution in [1.29, 1.82) is 0 Å². The van der Waals surface area contributed by atoms with Crippen molar-refractivity contribution in [3.63, 3.8) is 0 Å². The summed E-state index contributed by atoms with van der Waals surface area (Å²) in [5, 5.41) is 5.06. The normalized spacial score (nSPS) is 12.4. The molecule has 0 aliphatic heterocycles. The first-order valence-electron chi connectivity index (χ1n) is 9.88. The van der Waals surface area contributed by atoms with Crippen LogP contribution in [0.5, 0.6) is 0 Å². The summed E-state index contributed by atoms with van der Waals surface area (Å²) in [4.78, 5) is 23.4. The van der Waals surface area contributed by atoms with E-state index in [1.54, 1.807) is 20.8 Å². The summed E-state index contributed by atoms with van der Waals surface area (Å²) in [6.07, 6.45) is 0. The number of rotatable bonds is 8. The van der Waals surface area contributed by atoms with Gasteiger partial charge in [-0.25, -0.2) is 21.6 Å². The lowest BCUT2D eigenvalue weighted by Crippen LogP contribution is -2.40. The van der Waals surface area contributed by atoms with Gasteiger partial charge < -0.3 is 10.6 Å². The molecule has 12 heteroatoms. The molecule has 33 heavy (non-hydrogen) atoms. The third-order valence-electron chi connectivity index (χ3n) is 4.12. The SMILES string of the molecule is CC(=O)Nc1ccc(S(=O)(=O)N(C)CC(=O)Nc2cccc(S(=O)(=O)NC(C)(C)C)c2)cc1. The molecule has 0 saturated heterocycles. The summed E-state index contributed by atoms with van der Waals surface area (Å²) < 4.78 is 53.9. The summed E-state index contributed by atoms with van der Waals surface area (Å²) in [5.74, 6) is -0.931. The van der Waals surface area contributed by atoms with Crippen LogP contribution in [0, 0.1) is 0 Å². The quantitative estimate of drug-likeness (QED) is 0.510. The fourth-order valence-corrected chi connectivity index (χ4v) is 5.38. The van der Waals surface area contributed by atoms with E-state index in [0.717, 1.165) is 4.31 Å². The highest BCUT2D eigenvalue weighted by atomic mass is 32.2. The number of anilines is 2. The number of nitrogens with zero attached hydrogens (tertiary/aromatic N) is 1. The Morgan fingerprint density at radius 1 is 0.879 bits per heavy atom. The molecule has 0 unspecified atom stereocenters. The van der Waals surface area contributed by atoms with Crippen LogP contribution >= 0.6 is 0 Å². The van der Waals surface area contributed by atoms with Crippen LogP contribution in [-0.2, 0) is 29.6 Å². The number of carbonyl (C=O) groups is 2. The van der Waals surface area contributed by atoms with Crippen molar-refractivity contribution in [3.05, 3.63) is 48.5 Å². The van der Waals surface area contributed by atoms with Crippen LogP contribution in [0.15, 0.2) is 58.3 Å². The van der Waals surface area contributed by atoms with Crippen molar-refractivity contribution < 1.29 is 26.4 Å². The Kier molecular flexibility index (Phi) is 8.01. The standard InChI is InChI=1S/C21H28N4O6S2/c1-15(26)22-16-9-11-18(12-10-16)33(30,31)25(5)14-20(27)23-17-7-6-8-19(13-17)32(28,29)24-21(2,3)4/h6-13,24H,14H2,1-5H3,(H,22,26)(H,23,27). The van der Waals surface area contributed by atoms with Crippen LogP contribution in [0.3, 0.4) is 0 Å². The average Bonchev–Trinajstić information content (AvgIpc) is 2.66. The highest BCUT2D eigenvalue weighted by molar-refractivity contribution is 7.89. The summed E-state index contributed by atoms with van der Waals surface area (Å²) in [5.41, 5.74) is -0.0324. The Morgan fingerprint density at radius 2 is 1.48 bits per heavy atom. The van der Waals surface area contributed by atoms with E-state index in [1.807, 2.05) is 0 Å². The monoisotopic (exact) mass is 496 g/mol. The Bertz CT molecular complexity index is 1230. The van der Waals surface area contributed by atoms with Crippen molar-refractivity contribution >= 4 is 43.2 Å². The van der Waals surface area contributed by atoms with Gasteiger partial charge >= 0.3 is 0 Å². The molecule has 0 spiro atoms.